The van der Waals surface area contributed by atoms with Gasteiger partial charge in [-0.05, 0) is 26.1 Å². The molecule has 0 aliphatic heterocycles. The van der Waals surface area contributed by atoms with Crippen LogP contribution in [0.25, 0.3) is 5.69 Å². The first kappa shape index (κ1) is 15.7. The summed E-state index contributed by atoms with van der Waals surface area (Å²) in [6.07, 6.45) is 3.94. The molecule has 0 unspecified atom stereocenters. The maximum Gasteiger partial charge on any atom is 0.307 e. The topological polar surface area (TPSA) is 43.1 Å². The number of thiazole rings is 1. The van der Waals surface area contributed by atoms with Gasteiger partial charge in [0.2, 0.25) is 0 Å². The Morgan fingerprint density at radius 3 is 2.74 bits per heavy atom. The van der Waals surface area contributed by atoms with Gasteiger partial charge in [-0.3, -0.25) is 4.79 Å². The Labute approximate surface area is 139 Å². The zero-order valence-corrected chi connectivity index (χ0v) is 14.2. The van der Waals surface area contributed by atoms with Crippen LogP contribution in [-0.4, -0.2) is 32.8 Å². The summed E-state index contributed by atoms with van der Waals surface area (Å²) in [7, 11) is 2.06. The van der Waals surface area contributed by atoms with Crippen LogP contribution in [-0.2, 0) is 13.1 Å². The second-order valence-electron chi connectivity index (χ2n) is 5.66. The molecule has 0 aliphatic rings. The van der Waals surface area contributed by atoms with Gasteiger partial charge in [-0.1, -0.05) is 29.5 Å². The van der Waals surface area contributed by atoms with Gasteiger partial charge in [0.05, 0.1) is 11.9 Å². The van der Waals surface area contributed by atoms with Crippen LogP contribution in [0.5, 0.6) is 0 Å². The van der Waals surface area contributed by atoms with Crippen molar-refractivity contribution in [2.75, 3.05) is 13.6 Å². The van der Waals surface area contributed by atoms with Crippen LogP contribution in [0.3, 0.4) is 0 Å². The lowest BCUT2D eigenvalue weighted by Gasteiger charge is -2.16. The number of para-hydroxylation sites is 1. The highest BCUT2D eigenvalue weighted by Gasteiger charge is 2.07. The standard InChI is InChI=1S/C17H20N4OS/c1-14-13-23-17(22)20(14)9-8-19(2)11-15-10-18-21(12-15)16-6-4-3-5-7-16/h3-7,10,12-13H,8-9,11H2,1-2H3. The van der Waals surface area contributed by atoms with E-state index in [-0.39, 0.29) is 4.87 Å². The van der Waals surface area contributed by atoms with Crippen LogP contribution in [0.15, 0.2) is 52.9 Å². The van der Waals surface area contributed by atoms with Crippen LogP contribution < -0.4 is 4.87 Å². The van der Waals surface area contributed by atoms with Gasteiger partial charge in [0.1, 0.15) is 0 Å². The van der Waals surface area contributed by atoms with E-state index >= 15 is 0 Å². The monoisotopic (exact) mass is 328 g/mol. The summed E-state index contributed by atoms with van der Waals surface area (Å²) in [6.45, 7) is 4.33. The third-order valence-corrected chi connectivity index (χ3v) is 4.67. The van der Waals surface area contributed by atoms with Gasteiger partial charge in [-0.2, -0.15) is 5.10 Å². The summed E-state index contributed by atoms with van der Waals surface area (Å²) in [5.74, 6) is 0. The lowest BCUT2D eigenvalue weighted by atomic mass is 10.3. The molecule has 0 saturated heterocycles. The Hall–Kier alpha value is -2.18. The molecule has 0 N–H and O–H groups in total. The Morgan fingerprint density at radius 1 is 1.26 bits per heavy atom. The molecule has 0 saturated carbocycles. The van der Waals surface area contributed by atoms with Gasteiger partial charge < -0.3 is 9.47 Å². The van der Waals surface area contributed by atoms with E-state index in [9.17, 15) is 4.79 Å². The van der Waals surface area contributed by atoms with Gasteiger partial charge in [-0.15, -0.1) is 0 Å². The van der Waals surface area contributed by atoms with E-state index in [4.69, 9.17) is 0 Å². The largest absolute Gasteiger partial charge is 0.307 e. The van der Waals surface area contributed by atoms with Crippen molar-refractivity contribution in [1.82, 2.24) is 19.2 Å². The smallest absolute Gasteiger partial charge is 0.302 e. The summed E-state index contributed by atoms with van der Waals surface area (Å²) in [6, 6.07) is 10.1. The van der Waals surface area contributed by atoms with Crippen LogP contribution >= 0.6 is 11.3 Å². The van der Waals surface area contributed by atoms with E-state index < -0.39 is 0 Å². The molecule has 3 rings (SSSR count). The molecule has 2 aromatic heterocycles. The SMILES string of the molecule is Cc1csc(=O)n1CCN(C)Cc1cnn(-c2ccccc2)c1. The molecule has 6 heteroatoms. The Bertz CT molecular complexity index is 818. The molecule has 0 fully saturated rings. The minimum atomic E-state index is 0.118. The highest BCUT2D eigenvalue weighted by molar-refractivity contribution is 7.07. The summed E-state index contributed by atoms with van der Waals surface area (Å²) in [5.41, 5.74) is 3.25. The molecular formula is C17H20N4OS. The van der Waals surface area contributed by atoms with E-state index in [1.807, 2.05) is 64.3 Å². The Morgan fingerprint density at radius 2 is 2.04 bits per heavy atom. The van der Waals surface area contributed by atoms with Gasteiger partial charge in [0.25, 0.3) is 0 Å². The average Bonchev–Trinajstić information content (AvgIpc) is 3.14. The second kappa shape index (κ2) is 6.93. The maximum atomic E-state index is 11.7. The summed E-state index contributed by atoms with van der Waals surface area (Å²) in [5, 5.41) is 6.32. The summed E-state index contributed by atoms with van der Waals surface area (Å²) < 4.78 is 3.71. The van der Waals surface area contributed by atoms with E-state index in [1.165, 1.54) is 11.3 Å². The quantitative estimate of drug-likeness (QED) is 0.698. The van der Waals surface area contributed by atoms with Gasteiger partial charge in [-0.25, -0.2) is 4.68 Å². The molecule has 0 atom stereocenters. The van der Waals surface area contributed by atoms with Crippen molar-refractivity contribution in [3.05, 3.63) is 69.0 Å². The lowest BCUT2D eigenvalue weighted by molar-refractivity contribution is 0.309. The minimum Gasteiger partial charge on any atom is -0.302 e. The molecule has 0 aliphatic carbocycles. The van der Waals surface area contributed by atoms with Gasteiger partial charge in [0.15, 0.2) is 0 Å². The first-order valence-corrected chi connectivity index (χ1v) is 8.44. The number of aryl methyl sites for hydroxylation is 1. The van der Waals surface area contributed by atoms with E-state index in [0.717, 1.165) is 36.6 Å². The molecule has 1 aromatic carbocycles. The van der Waals surface area contributed by atoms with Crippen molar-refractivity contribution >= 4 is 11.3 Å². The molecule has 0 spiro atoms. The minimum absolute atomic E-state index is 0.118. The zero-order valence-electron chi connectivity index (χ0n) is 13.3. The van der Waals surface area contributed by atoms with Gasteiger partial charge in [0, 0.05) is 42.5 Å². The van der Waals surface area contributed by atoms with Crippen molar-refractivity contribution in [3.63, 3.8) is 0 Å². The van der Waals surface area contributed by atoms with E-state index in [2.05, 4.69) is 17.0 Å². The second-order valence-corrected chi connectivity index (χ2v) is 6.48. The van der Waals surface area contributed by atoms with Crippen LogP contribution in [0.2, 0.25) is 0 Å². The number of rotatable bonds is 6. The van der Waals surface area contributed by atoms with E-state index in [0.29, 0.717) is 0 Å². The number of nitrogens with zero attached hydrogens (tertiary/aromatic N) is 4. The van der Waals surface area contributed by atoms with Crippen molar-refractivity contribution in [3.8, 4) is 5.69 Å². The molecule has 5 nitrogen and oxygen atoms in total. The van der Waals surface area contributed by atoms with Crippen molar-refractivity contribution in [1.29, 1.82) is 0 Å². The van der Waals surface area contributed by atoms with Crippen LogP contribution in [0.4, 0.5) is 0 Å². The molecule has 0 radical (unpaired) electrons. The predicted molar refractivity (Wildman–Crippen MR) is 93.2 cm³/mol. The molecule has 2 heterocycles. The normalized spacial score (nSPS) is 11.3. The summed E-state index contributed by atoms with van der Waals surface area (Å²) in [4.78, 5) is 14.0. The first-order valence-electron chi connectivity index (χ1n) is 7.56. The predicted octanol–water partition coefficient (Wildman–Crippen LogP) is 2.54. The average molecular weight is 328 g/mol. The molecular weight excluding hydrogens is 308 g/mol. The molecule has 120 valence electrons. The van der Waals surface area contributed by atoms with E-state index in [1.54, 1.807) is 0 Å². The zero-order chi connectivity index (χ0) is 16.2. The fourth-order valence-electron chi connectivity index (χ4n) is 2.50. The third kappa shape index (κ3) is 3.78. The van der Waals surface area contributed by atoms with Crippen LogP contribution in [0.1, 0.15) is 11.3 Å². The number of hydrogen-bond donors (Lipinski definition) is 0. The van der Waals surface area contributed by atoms with Gasteiger partial charge >= 0.3 is 4.87 Å². The number of benzene rings is 1. The first-order chi connectivity index (χ1) is 11.1. The lowest BCUT2D eigenvalue weighted by Crippen LogP contribution is -2.26. The number of hydrogen-bond acceptors (Lipinski definition) is 4. The van der Waals surface area contributed by atoms with Crippen molar-refractivity contribution in [2.24, 2.45) is 0 Å². The Balaban J connectivity index is 1.59. The molecule has 0 amide bonds. The number of likely N-dealkylation sites (N-methyl/N-ethyl adjacent to an activating group) is 1. The molecule has 0 bridgehead atoms. The Kier molecular flexibility index (Phi) is 4.73. The van der Waals surface area contributed by atoms with Crippen molar-refractivity contribution < 1.29 is 0 Å². The van der Waals surface area contributed by atoms with Crippen LogP contribution in [0, 0.1) is 6.92 Å². The molecule has 3 aromatic rings. The molecule has 23 heavy (non-hydrogen) atoms. The summed E-state index contributed by atoms with van der Waals surface area (Å²) >= 11 is 1.26. The fraction of sp³-hybridized carbons (Fsp3) is 0.294. The third-order valence-electron chi connectivity index (χ3n) is 3.79. The highest BCUT2D eigenvalue weighted by atomic mass is 32.1. The number of aromatic nitrogens is 3. The fourth-order valence-corrected chi connectivity index (χ4v) is 3.26. The van der Waals surface area contributed by atoms with Crippen molar-refractivity contribution in [2.45, 2.75) is 20.0 Å². The maximum absolute atomic E-state index is 11.7. The highest BCUT2D eigenvalue weighted by Crippen LogP contribution is 2.09.